The molecule has 184 valence electrons. The lowest BCUT2D eigenvalue weighted by Gasteiger charge is -2.07. The van der Waals surface area contributed by atoms with E-state index >= 15 is 0 Å². The molecule has 0 aliphatic heterocycles. The van der Waals surface area contributed by atoms with Crippen LogP contribution in [0.1, 0.15) is 34.7 Å². The van der Waals surface area contributed by atoms with Crippen molar-refractivity contribution in [3.63, 3.8) is 0 Å². The summed E-state index contributed by atoms with van der Waals surface area (Å²) in [6.45, 7) is -3.42. The van der Waals surface area contributed by atoms with Gasteiger partial charge < -0.3 is 15.4 Å². The van der Waals surface area contributed by atoms with Crippen molar-refractivity contribution in [2.45, 2.75) is 45.3 Å². The summed E-state index contributed by atoms with van der Waals surface area (Å²) in [6.07, 6.45) is -2.20. The molecule has 0 saturated heterocycles. The lowest BCUT2D eigenvalue weighted by atomic mass is 10.2. The molecule has 2 N–H and O–H groups in total. The Morgan fingerprint density at radius 1 is 1.15 bits per heavy atom. The number of rotatable bonds is 11. The van der Waals surface area contributed by atoms with Gasteiger partial charge in [-0.25, -0.2) is 19.2 Å². The van der Waals surface area contributed by atoms with Crippen LogP contribution in [-0.2, 0) is 29.2 Å². The standard InChI is InChI=1S/C18H19F5N8O3/c19-17(20)34-4-3-30-15(26-10-28-30)16(33)25-8-12-9-31-13(29-12)5-11(7-27-31)6-24-14(32)1-2-18(21,22)23/h5,7,9-10,17H,1-4,6,8H2,(H,24,32)(H,25,33). The molecule has 0 radical (unpaired) electrons. The van der Waals surface area contributed by atoms with Crippen LogP contribution < -0.4 is 10.6 Å². The molecule has 3 rings (SSSR count). The van der Waals surface area contributed by atoms with Gasteiger partial charge in [-0.15, -0.1) is 0 Å². The average Bonchev–Trinajstić information content (AvgIpc) is 3.40. The number of fused-ring (bicyclic) bond motifs is 1. The number of hydrogen-bond donors (Lipinski definition) is 2. The maximum absolute atomic E-state index is 12.3. The fourth-order valence-corrected chi connectivity index (χ4v) is 2.77. The highest BCUT2D eigenvalue weighted by atomic mass is 19.4. The number of carbonyl (C=O) groups is 2. The predicted octanol–water partition coefficient (Wildman–Crippen LogP) is 1.45. The number of imidazole rings is 1. The Kier molecular flexibility index (Phi) is 8.04. The van der Waals surface area contributed by atoms with Crippen molar-refractivity contribution < 1.29 is 36.3 Å². The molecule has 3 aromatic heterocycles. The van der Waals surface area contributed by atoms with Crippen molar-refractivity contribution in [3.8, 4) is 0 Å². The van der Waals surface area contributed by atoms with E-state index in [-0.39, 0.29) is 32.1 Å². The summed E-state index contributed by atoms with van der Waals surface area (Å²) in [5.41, 5.74) is 1.34. The zero-order valence-corrected chi connectivity index (χ0v) is 17.4. The molecule has 0 unspecified atom stereocenters. The van der Waals surface area contributed by atoms with Crippen LogP contribution in [0.2, 0.25) is 0 Å². The number of alkyl halides is 5. The van der Waals surface area contributed by atoms with E-state index < -0.39 is 37.4 Å². The van der Waals surface area contributed by atoms with Gasteiger partial charge in [0.05, 0.1) is 44.2 Å². The summed E-state index contributed by atoms with van der Waals surface area (Å²) >= 11 is 0. The van der Waals surface area contributed by atoms with Crippen molar-refractivity contribution in [3.05, 3.63) is 41.9 Å². The van der Waals surface area contributed by atoms with Gasteiger partial charge in [0, 0.05) is 13.0 Å². The summed E-state index contributed by atoms with van der Waals surface area (Å²) in [6, 6.07) is 1.59. The number of nitrogens with one attached hydrogen (secondary N) is 2. The number of aromatic nitrogens is 6. The van der Waals surface area contributed by atoms with Crippen molar-refractivity contribution in [2.75, 3.05) is 6.61 Å². The average molecular weight is 490 g/mol. The van der Waals surface area contributed by atoms with Crippen molar-refractivity contribution in [2.24, 2.45) is 0 Å². The van der Waals surface area contributed by atoms with E-state index in [9.17, 15) is 31.5 Å². The number of hydrogen-bond acceptors (Lipinski definition) is 7. The molecule has 0 saturated carbocycles. The molecule has 3 aromatic rings. The fourth-order valence-electron chi connectivity index (χ4n) is 2.77. The molecule has 0 bridgehead atoms. The van der Waals surface area contributed by atoms with Gasteiger partial charge in [-0.3, -0.25) is 9.59 Å². The second kappa shape index (κ2) is 11.0. The molecular formula is C18H19F5N8O3. The van der Waals surface area contributed by atoms with Gasteiger partial charge in [-0.1, -0.05) is 0 Å². The predicted molar refractivity (Wildman–Crippen MR) is 103 cm³/mol. The summed E-state index contributed by atoms with van der Waals surface area (Å²) < 4.78 is 67.4. The summed E-state index contributed by atoms with van der Waals surface area (Å²) in [4.78, 5) is 32.0. The maximum Gasteiger partial charge on any atom is 0.389 e. The van der Waals surface area contributed by atoms with Crippen LogP contribution in [0.4, 0.5) is 22.0 Å². The maximum atomic E-state index is 12.3. The zero-order valence-electron chi connectivity index (χ0n) is 17.4. The molecule has 0 fully saturated rings. The van der Waals surface area contributed by atoms with E-state index in [0.717, 1.165) is 11.0 Å². The summed E-state index contributed by atoms with van der Waals surface area (Å²) in [5.74, 6) is -1.44. The topological polar surface area (TPSA) is 128 Å². The van der Waals surface area contributed by atoms with Gasteiger partial charge in [-0.2, -0.15) is 32.1 Å². The lowest BCUT2D eigenvalue weighted by Crippen LogP contribution is -2.27. The van der Waals surface area contributed by atoms with Crippen molar-refractivity contribution in [1.29, 1.82) is 0 Å². The Labute approximate surface area is 188 Å². The van der Waals surface area contributed by atoms with E-state index in [1.807, 2.05) is 0 Å². The number of ether oxygens (including phenoxy) is 1. The van der Waals surface area contributed by atoms with Crippen LogP contribution >= 0.6 is 0 Å². The molecule has 3 heterocycles. The second-order valence-electron chi connectivity index (χ2n) is 6.91. The third kappa shape index (κ3) is 7.43. The highest BCUT2D eigenvalue weighted by Crippen LogP contribution is 2.21. The SMILES string of the molecule is O=C(CCC(F)(F)F)NCc1cnn2cc(CNC(=O)c3ncnn3CCOC(F)F)nc2c1. The Morgan fingerprint density at radius 3 is 2.68 bits per heavy atom. The van der Waals surface area contributed by atoms with Gasteiger partial charge in [-0.05, 0) is 11.6 Å². The second-order valence-corrected chi connectivity index (χ2v) is 6.91. The normalized spacial score (nSPS) is 11.8. The van der Waals surface area contributed by atoms with Gasteiger partial charge in [0.1, 0.15) is 6.33 Å². The third-order valence-electron chi connectivity index (χ3n) is 4.35. The molecule has 0 atom stereocenters. The molecule has 34 heavy (non-hydrogen) atoms. The Balaban J connectivity index is 1.53. The molecule has 0 spiro atoms. The molecule has 0 aromatic carbocycles. The quantitative estimate of drug-likeness (QED) is 0.390. The molecule has 0 aliphatic rings. The highest BCUT2D eigenvalue weighted by Gasteiger charge is 2.27. The van der Waals surface area contributed by atoms with Gasteiger partial charge in [0.15, 0.2) is 5.65 Å². The van der Waals surface area contributed by atoms with Crippen LogP contribution in [0.3, 0.4) is 0 Å². The van der Waals surface area contributed by atoms with E-state index in [1.54, 1.807) is 12.3 Å². The number of amides is 2. The van der Waals surface area contributed by atoms with Gasteiger partial charge in [0.25, 0.3) is 5.91 Å². The number of halogens is 5. The molecule has 2 amide bonds. The van der Waals surface area contributed by atoms with E-state index in [1.165, 1.54) is 10.7 Å². The smallest absolute Gasteiger partial charge is 0.352 e. The third-order valence-corrected chi connectivity index (χ3v) is 4.35. The van der Waals surface area contributed by atoms with Crippen LogP contribution in [0.25, 0.3) is 5.65 Å². The first kappa shape index (κ1) is 24.9. The lowest BCUT2D eigenvalue weighted by molar-refractivity contribution is -0.144. The van der Waals surface area contributed by atoms with Crippen molar-refractivity contribution >= 4 is 17.5 Å². The van der Waals surface area contributed by atoms with E-state index in [0.29, 0.717) is 16.9 Å². The van der Waals surface area contributed by atoms with Crippen LogP contribution in [0.15, 0.2) is 24.8 Å². The monoisotopic (exact) mass is 490 g/mol. The van der Waals surface area contributed by atoms with Crippen LogP contribution in [0.5, 0.6) is 0 Å². The van der Waals surface area contributed by atoms with E-state index in [2.05, 4.69) is 35.5 Å². The minimum atomic E-state index is -4.40. The Hall–Kier alpha value is -3.69. The van der Waals surface area contributed by atoms with Gasteiger partial charge >= 0.3 is 12.8 Å². The molecule has 11 nitrogen and oxygen atoms in total. The fraction of sp³-hybridized carbons (Fsp3) is 0.444. The first-order valence-corrected chi connectivity index (χ1v) is 9.83. The molecule has 0 aliphatic carbocycles. The number of nitrogens with zero attached hydrogens (tertiary/aromatic N) is 6. The summed E-state index contributed by atoms with van der Waals surface area (Å²) in [7, 11) is 0. The minimum absolute atomic E-state index is 0.00784. The Morgan fingerprint density at radius 2 is 1.94 bits per heavy atom. The van der Waals surface area contributed by atoms with Crippen LogP contribution in [-0.4, -0.2) is 60.6 Å². The largest absolute Gasteiger partial charge is 0.389 e. The van der Waals surface area contributed by atoms with E-state index in [4.69, 9.17) is 0 Å². The first-order valence-electron chi connectivity index (χ1n) is 9.83. The first-order chi connectivity index (χ1) is 16.1. The van der Waals surface area contributed by atoms with Crippen molar-refractivity contribution in [1.82, 2.24) is 40.0 Å². The number of carbonyl (C=O) groups excluding carboxylic acids is 2. The minimum Gasteiger partial charge on any atom is -0.352 e. The van der Waals surface area contributed by atoms with Crippen LogP contribution in [0, 0.1) is 0 Å². The Bertz CT molecular complexity index is 1130. The zero-order chi connectivity index (χ0) is 24.7. The summed E-state index contributed by atoms with van der Waals surface area (Å²) in [5, 5.41) is 12.9. The highest BCUT2D eigenvalue weighted by molar-refractivity contribution is 5.90. The molecular weight excluding hydrogens is 471 g/mol. The van der Waals surface area contributed by atoms with Gasteiger partial charge in [0.2, 0.25) is 11.7 Å². The molecule has 16 heteroatoms.